The molecule has 47 heavy (non-hydrogen) atoms. The fourth-order valence-electron chi connectivity index (χ4n) is 6.57. The van der Waals surface area contributed by atoms with Crippen molar-refractivity contribution in [1.82, 2.24) is 9.55 Å². The van der Waals surface area contributed by atoms with E-state index in [4.69, 9.17) is 18.7 Å². The van der Waals surface area contributed by atoms with E-state index in [-0.39, 0.29) is 53.2 Å². The number of nitrogens with zero attached hydrogens (tertiary/aromatic N) is 2. The molecule has 2 nitrogen and oxygen atoms in total. The van der Waals surface area contributed by atoms with Crippen LogP contribution >= 0.6 is 0 Å². The Labute approximate surface area is 287 Å². The van der Waals surface area contributed by atoms with Crippen LogP contribution in [0.2, 0.25) is 0 Å². The van der Waals surface area contributed by atoms with Gasteiger partial charge in [-0.1, -0.05) is 151 Å². The molecule has 8 aromatic carbocycles. The summed E-state index contributed by atoms with van der Waals surface area (Å²) in [5, 5.41) is 3.91. The Morgan fingerprint density at radius 2 is 0.957 bits per heavy atom. The molecule has 9 aromatic rings. The number of benzene rings is 8. The van der Waals surface area contributed by atoms with Gasteiger partial charge in [0.25, 0.3) is 0 Å². The van der Waals surface area contributed by atoms with Crippen LogP contribution in [0, 0.1) is 0 Å². The van der Waals surface area contributed by atoms with E-state index in [1.54, 1.807) is 6.07 Å². The van der Waals surface area contributed by atoms with Crippen molar-refractivity contribution >= 4 is 32.6 Å². The van der Waals surface area contributed by atoms with Crippen LogP contribution in [-0.4, -0.2) is 9.55 Å². The third-order valence-corrected chi connectivity index (χ3v) is 8.57. The predicted molar refractivity (Wildman–Crippen MR) is 198 cm³/mol. The number of aromatic nitrogens is 2. The van der Waals surface area contributed by atoms with E-state index in [2.05, 4.69) is 24.3 Å². The quantitative estimate of drug-likeness (QED) is 0.178. The smallest absolute Gasteiger partial charge is 0.145 e. The van der Waals surface area contributed by atoms with Crippen molar-refractivity contribution in [2.75, 3.05) is 0 Å². The van der Waals surface area contributed by atoms with Crippen molar-refractivity contribution < 1.29 is 13.7 Å². The molecule has 2 heteroatoms. The zero-order chi connectivity index (χ0) is 39.9. The molecule has 9 rings (SSSR count). The Kier molecular flexibility index (Phi) is 4.48. The Morgan fingerprint density at radius 1 is 0.426 bits per heavy atom. The van der Waals surface area contributed by atoms with Gasteiger partial charge in [0, 0.05) is 11.3 Å². The van der Waals surface area contributed by atoms with E-state index in [1.165, 1.54) is 0 Å². The molecule has 0 aliphatic rings. The molecule has 1 aromatic heterocycles. The van der Waals surface area contributed by atoms with Crippen molar-refractivity contribution in [3.8, 4) is 50.5 Å². The minimum absolute atomic E-state index is 0.0181. The SMILES string of the molecule is [2H]c1c([2H])c([2H])c(-c2cccc(-c3c4ccccc4c(-c4ccc(-n5c(-c6c([2H])c([2H])c([2H])c([2H])c6[2H])nc6ccccc65)cc4)c4ccccc34)c2)c([2H])c1[2H]. The molecule has 0 saturated heterocycles. The third-order valence-electron chi connectivity index (χ3n) is 8.57. The molecule has 0 aliphatic carbocycles. The molecule has 220 valence electrons. The van der Waals surface area contributed by atoms with E-state index in [0.29, 0.717) is 16.8 Å². The van der Waals surface area contributed by atoms with E-state index < -0.39 is 24.2 Å². The van der Waals surface area contributed by atoms with Crippen LogP contribution in [-0.2, 0) is 0 Å². The summed E-state index contributed by atoms with van der Waals surface area (Å²) in [4.78, 5) is 4.79. The molecule has 1 heterocycles. The standard InChI is InChI=1S/C45H30N2/c1-3-14-31(15-4-1)34-18-13-19-35(30-34)44-39-22-9-7-20-37(39)43(38-21-8-10-23-40(38)44)32-26-28-36(29-27-32)47-42-25-12-11-24-41(42)46-45(47)33-16-5-2-6-17-33/h1-30H/i1D,2D,3D,4D,5D,6D,14D,15D,16D,17D. The second-order valence-corrected chi connectivity index (χ2v) is 11.2. The fourth-order valence-corrected chi connectivity index (χ4v) is 6.57. The van der Waals surface area contributed by atoms with Crippen LogP contribution in [0.3, 0.4) is 0 Å². The summed E-state index contributed by atoms with van der Waals surface area (Å²) in [6.07, 6.45) is 0. The lowest BCUT2D eigenvalue weighted by molar-refractivity contribution is 1.10. The van der Waals surface area contributed by atoms with Crippen molar-refractivity contribution in [2.45, 2.75) is 0 Å². The van der Waals surface area contributed by atoms with Crippen molar-refractivity contribution in [2.24, 2.45) is 0 Å². The van der Waals surface area contributed by atoms with Crippen LogP contribution in [0.4, 0.5) is 0 Å². The minimum Gasteiger partial charge on any atom is -0.292 e. The van der Waals surface area contributed by atoms with E-state index >= 15 is 0 Å². The average molecular weight is 609 g/mol. The summed E-state index contributed by atoms with van der Waals surface area (Å²) in [6, 6.07) is 35.4. The summed E-state index contributed by atoms with van der Waals surface area (Å²) in [6.45, 7) is 0. The van der Waals surface area contributed by atoms with E-state index in [0.717, 1.165) is 49.3 Å². The first-order valence-corrected chi connectivity index (χ1v) is 15.2. The third kappa shape index (κ3) is 4.62. The van der Waals surface area contributed by atoms with Gasteiger partial charge in [-0.05, 0) is 85.3 Å². The number of fused-ring (bicyclic) bond motifs is 3. The lowest BCUT2D eigenvalue weighted by Gasteiger charge is -2.18. The fraction of sp³-hybridized carbons (Fsp3) is 0. The highest BCUT2D eigenvalue weighted by atomic mass is 15.1. The largest absolute Gasteiger partial charge is 0.292 e. The molecular weight excluding hydrogens is 569 g/mol. The molecule has 0 atom stereocenters. The van der Waals surface area contributed by atoms with Gasteiger partial charge in [0.1, 0.15) is 5.82 Å². The molecule has 0 unspecified atom stereocenters. The topological polar surface area (TPSA) is 17.8 Å². The lowest BCUT2D eigenvalue weighted by atomic mass is 9.85. The van der Waals surface area contributed by atoms with E-state index in [1.807, 2.05) is 95.6 Å². The number of hydrogen-bond donors (Lipinski definition) is 0. The minimum atomic E-state index is -0.465. The first kappa shape index (κ1) is 18.7. The van der Waals surface area contributed by atoms with Gasteiger partial charge in [0.05, 0.1) is 24.7 Å². The molecule has 0 N–H and O–H groups in total. The van der Waals surface area contributed by atoms with Gasteiger partial charge in [-0.2, -0.15) is 0 Å². The van der Waals surface area contributed by atoms with Crippen molar-refractivity contribution in [3.63, 3.8) is 0 Å². The van der Waals surface area contributed by atoms with Gasteiger partial charge in [0.15, 0.2) is 0 Å². The Hall–Kier alpha value is -6.25. The Bertz CT molecular complexity index is 3020. The highest BCUT2D eigenvalue weighted by Gasteiger charge is 2.18. The van der Waals surface area contributed by atoms with Gasteiger partial charge in [-0.25, -0.2) is 4.98 Å². The maximum absolute atomic E-state index is 8.72. The zero-order valence-corrected chi connectivity index (χ0v) is 24.9. The molecule has 0 bridgehead atoms. The van der Waals surface area contributed by atoms with Gasteiger partial charge < -0.3 is 0 Å². The van der Waals surface area contributed by atoms with Gasteiger partial charge in [-0.3, -0.25) is 4.57 Å². The summed E-state index contributed by atoms with van der Waals surface area (Å²) in [7, 11) is 0. The Balaban J connectivity index is 1.23. The first-order chi connectivity index (χ1) is 27.5. The average Bonchev–Trinajstić information content (AvgIpc) is 3.62. The van der Waals surface area contributed by atoms with Gasteiger partial charge in [-0.15, -0.1) is 0 Å². The molecule has 0 amide bonds. The second kappa shape index (κ2) is 11.3. The van der Waals surface area contributed by atoms with E-state index in [9.17, 15) is 0 Å². The van der Waals surface area contributed by atoms with Crippen LogP contribution in [0.15, 0.2) is 182 Å². The highest BCUT2D eigenvalue weighted by molar-refractivity contribution is 6.21. The Morgan fingerprint density at radius 3 is 1.60 bits per heavy atom. The van der Waals surface area contributed by atoms with Crippen LogP contribution in [0.25, 0.3) is 83.0 Å². The number of para-hydroxylation sites is 2. The number of hydrogen-bond acceptors (Lipinski definition) is 1. The molecule has 0 fully saturated rings. The molecule has 0 aliphatic heterocycles. The van der Waals surface area contributed by atoms with Crippen molar-refractivity contribution in [1.29, 1.82) is 0 Å². The van der Waals surface area contributed by atoms with Gasteiger partial charge in [0.2, 0.25) is 0 Å². The lowest BCUT2D eigenvalue weighted by Crippen LogP contribution is -1.98. The second-order valence-electron chi connectivity index (χ2n) is 11.2. The van der Waals surface area contributed by atoms with Crippen LogP contribution in [0.1, 0.15) is 13.7 Å². The number of imidazole rings is 1. The normalized spacial score (nSPS) is 14.4. The van der Waals surface area contributed by atoms with Crippen LogP contribution in [0.5, 0.6) is 0 Å². The van der Waals surface area contributed by atoms with Crippen LogP contribution < -0.4 is 0 Å². The first-order valence-electron chi connectivity index (χ1n) is 20.2. The predicted octanol–water partition coefficient (Wildman–Crippen LogP) is 12.0. The summed E-state index contributed by atoms with van der Waals surface area (Å²) in [5.41, 5.74) is 6.43. The molecular formula is C45H30N2. The van der Waals surface area contributed by atoms with Crippen molar-refractivity contribution in [3.05, 3.63) is 182 Å². The molecule has 0 saturated carbocycles. The van der Waals surface area contributed by atoms with Gasteiger partial charge >= 0.3 is 0 Å². The maximum Gasteiger partial charge on any atom is 0.145 e. The monoisotopic (exact) mass is 608 g/mol. The zero-order valence-electron chi connectivity index (χ0n) is 34.9. The summed E-state index contributed by atoms with van der Waals surface area (Å²) >= 11 is 0. The highest BCUT2D eigenvalue weighted by Crippen LogP contribution is 2.44. The molecule has 0 spiro atoms. The maximum atomic E-state index is 8.72. The summed E-state index contributed by atoms with van der Waals surface area (Å²) in [5.74, 6) is 0.243. The summed E-state index contributed by atoms with van der Waals surface area (Å²) < 4.78 is 85.9. The molecule has 0 radical (unpaired) electrons. The number of rotatable bonds is 5.